The van der Waals surface area contributed by atoms with Gasteiger partial charge in [-0.25, -0.2) is 8.42 Å². The number of ether oxygens (including phenoxy) is 4. The van der Waals surface area contributed by atoms with E-state index in [1.165, 1.54) is 51.1 Å². The SMILES string of the molecule is COCO[C@@]1(Cc2cc(OC3CCCCCC3)ccn2)C(=O)N(COC)[C@H]1CCS(C)(=O)=O. The molecule has 0 N–H and O–H groups in total. The molecule has 1 aromatic rings. The average Bonchev–Trinajstić information content (AvgIpc) is 3.04. The molecule has 3 rings (SSSR count). The van der Waals surface area contributed by atoms with Gasteiger partial charge in [-0.1, -0.05) is 12.8 Å². The third-order valence-corrected chi connectivity index (χ3v) is 7.32. The number of aromatic nitrogens is 1. The number of pyridine rings is 1. The van der Waals surface area contributed by atoms with Gasteiger partial charge in [0.25, 0.3) is 5.91 Å². The standard InChI is InChI=1S/C23H36N2O7S/c1-29-16-25-21(11-13-33(3,27)28)23(22(25)26,31-17-30-2)15-18-14-20(10-12-24-18)32-19-8-6-4-5-7-9-19/h10,12,14,19,21H,4-9,11,13,15-17H2,1-3H3/t21-,23+/m0/s1. The number of rotatable bonds is 12. The molecule has 2 atom stereocenters. The van der Waals surface area contributed by atoms with Crippen molar-refractivity contribution in [2.24, 2.45) is 0 Å². The molecule has 10 heteroatoms. The summed E-state index contributed by atoms with van der Waals surface area (Å²) < 4.78 is 46.1. The lowest BCUT2D eigenvalue weighted by molar-refractivity contribution is -0.233. The van der Waals surface area contributed by atoms with Gasteiger partial charge in [-0.3, -0.25) is 9.78 Å². The molecule has 1 amide bonds. The van der Waals surface area contributed by atoms with E-state index in [9.17, 15) is 13.2 Å². The predicted molar refractivity (Wildman–Crippen MR) is 123 cm³/mol. The van der Waals surface area contributed by atoms with Crippen molar-refractivity contribution in [3.8, 4) is 5.75 Å². The quantitative estimate of drug-likeness (QED) is 0.253. The van der Waals surface area contributed by atoms with Crippen molar-refractivity contribution < 1.29 is 32.2 Å². The van der Waals surface area contributed by atoms with Gasteiger partial charge in [-0.05, 0) is 38.2 Å². The number of amides is 1. The van der Waals surface area contributed by atoms with E-state index in [1.54, 1.807) is 6.20 Å². The monoisotopic (exact) mass is 484 g/mol. The number of hydrogen-bond acceptors (Lipinski definition) is 8. The Balaban J connectivity index is 1.81. The van der Waals surface area contributed by atoms with Crippen molar-refractivity contribution >= 4 is 15.7 Å². The van der Waals surface area contributed by atoms with E-state index in [0.717, 1.165) is 18.6 Å². The number of hydrogen-bond donors (Lipinski definition) is 0. The maximum atomic E-state index is 13.2. The second kappa shape index (κ2) is 11.6. The largest absolute Gasteiger partial charge is 0.490 e. The lowest BCUT2D eigenvalue weighted by Gasteiger charge is -2.55. The van der Waals surface area contributed by atoms with Gasteiger partial charge in [0.2, 0.25) is 0 Å². The predicted octanol–water partition coefficient (Wildman–Crippen LogP) is 2.33. The van der Waals surface area contributed by atoms with Gasteiger partial charge in [0.15, 0.2) is 5.60 Å². The van der Waals surface area contributed by atoms with Crippen LogP contribution >= 0.6 is 0 Å². The zero-order valence-corrected chi connectivity index (χ0v) is 20.6. The fourth-order valence-electron chi connectivity index (χ4n) is 4.73. The van der Waals surface area contributed by atoms with Crippen LogP contribution in [0.3, 0.4) is 0 Å². The fourth-order valence-corrected chi connectivity index (χ4v) is 5.38. The zero-order chi connectivity index (χ0) is 23.9. The number of sulfone groups is 1. The molecule has 33 heavy (non-hydrogen) atoms. The Hall–Kier alpha value is -1.75. The van der Waals surface area contributed by atoms with Crippen LogP contribution < -0.4 is 4.74 Å². The fraction of sp³-hybridized carbons (Fsp3) is 0.739. The Kier molecular flexibility index (Phi) is 9.09. The molecule has 0 spiro atoms. The van der Waals surface area contributed by atoms with E-state index in [2.05, 4.69) is 4.98 Å². The van der Waals surface area contributed by atoms with Crippen LogP contribution in [-0.4, -0.2) is 81.7 Å². The van der Waals surface area contributed by atoms with Gasteiger partial charge in [0, 0.05) is 44.9 Å². The maximum Gasteiger partial charge on any atom is 0.259 e. The highest BCUT2D eigenvalue weighted by molar-refractivity contribution is 7.90. The Morgan fingerprint density at radius 3 is 2.52 bits per heavy atom. The lowest BCUT2D eigenvalue weighted by atomic mass is 9.77. The van der Waals surface area contributed by atoms with Crippen molar-refractivity contribution in [1.29, 1.82) is 0 Å². The molecule has 186 valence electrons. The topological polar surface area (TPSA) is 104 Å². The first kappa shape index (κ1) is 25.9. The summed E-state index contributed by atoms with van der Waals surface area (Å²) in [6.45, 7) is -0.0379. The number of carbonyl (C=O) groups excluding carboxylic acids is 1. The van der Waals surface area contributed by atoms with Gasteiger partial charge < -0.3 is 23.8 Å². The second-order valence-electron chi connectivity index (χ2n) is 8.96. The minimum atomic E-state index is -3.22. The molecule has 1 aromatic heterocycles. The Morgan fingerprint density at radius 2 is 1.88 bits per heavy atom. The Morgan fingerprint density at radius 1 is 1.15 bits per heavy atom. The van der Waals surface area contributed by atoms with Crippen molar-refractivity contribution in [3.05, 3.63) is 24.0 Å². The summed E-state index contributed by atoms with van der Waals surface area (Å²) >= 11 is 0. The first-order valence-electron chi connectivity index (χ1n) is 11.5. The van der Waals surface area contributed by atoms with Crippen molar-refractivity contribution in [2.75, 3.05) is 39.8 Å². The van der Waals surface area contributed by atoms with Crippen molar-refractivity contribution in [2.45, 2.75) is 69.1 Å². The van der Waals surface area contributed by atoms with E-state index in [4.69, 9.17) is 18.9 Å². The van der Waals surface area contributed by atoms with Gasteiger partial charge in [-0.2, -0.15) is 0 Å². The Bertz CT molecular complexity index is 887. The number of nitrogens with zero attached hydrogens (tertiary/aromatic N) is 2. The lowest BCUT2D eigenvalue weighted by Crippen LogP contribution is -2.76. The van der Waals surface area contributed by atoms with Crippen molar-refractivity contribution in [3.63, 3.8) is 0 Å². The van der Waals surface area contributed by atoms with Crippen molar-refractivity contribution in [1.82, 2.24) is 9.88 Å². The summed E-state index contributed by atoms with van der Waals surface area (Å²) in [6.07, 6.45) is 10.4. The summed E-state index contributed by atoms with van der Waals surface area (Å²) in [7, 11) is -0.248. The summed E-state index contributed by atoms with van der Waals surface area (Å²) in [4.78, 5) is 19.2. The minimum absolute atomic E-state index is 0.0591. The van der Waals surface area contributed by atoms with Gasteiger partial charge >= 0.3 is 0 Å². The normalized spacial score (nSPS) is 24.4. The van der Waals surface area contributed by atoms with Crippen LogP contribution in [0.5, 0.6) is 5.75 Å². The molecule has 0 aromatic carbocycles. The molecule has 0 radical (unpaired) electrons. The van der Waals surface area contributed by atoms with E-state index in [1.807, 2.05) is 12.1 Å². The first-order chi connectivity index (χ1) is 15.8. The van der Waals surface area contributed by atoms with Crippen LogP contribution in [-0.2, 0) is 35.3 Å². The first-order valence-corrected chi connectivity index (χ1v) is 13.6. The highest BCUT2D eigenvalue weighted by atomic mass is 32.2. The van der Waals surface area contributed by atoms with E-state index in [0.29, 0.717) is 5.69 Å². The van der Waals surface area contributed by atoms with E-state index in [-0.39, 0.29) is 44.1 Å². The highest BCUT2D eigenvalue weighted by Gasteiger charge is 2.62. The highest BCUT2D eigenvalue weighted by Crippen LogP contribution is 2.40. The van der Waals surface area contributed by atoms with Crippen LogP contribution in [0.25, 0.3) is 0 Å². The number of likely N-dealkylation sites (tertiary alicyclic amines) is 1. The number of β-lactam (4-membered cyclic amide) rings is 1. The molecule has 0 unspecified atom stereocenters. The summed E-state index contributed by atoms with van der Waals surface area (Å²) in [5.41, 5.74) is -0.625. The summed E-state index contributed by atoms with van der Waals surface area (Å²) in [5.74, 6) is 0.389. The van der Waals surface area contributed by atoms with E-state index >= 15 is 0 Å². The molecule has 2 aliphatic rings. The van der Waals surface area contributed by atoms with Crippen LogP contribution in [0.2, 0.25) is 0 Å². The molecule has 0 bridgehead atoms. The molecule has 1 saturated heterocycles. The number of methoxy groups -OCH3 is 2. The Labute approximate surface area is 196 Å². The molecule has 2 heterocycles. The van der Waals surface area contributed by atoms with Gasteiger partial charge in [0.05, 0.1) is 17.9 Å². The third kappa shape index (κ3) is 6.65. The second-order valence-corrected chi connectivity index (χ2v) is 11.2. The minimum Gasteiger partial charge on any atom is -0.490 e. The molecule has 1 saturated carbocycles. The van der Waals surface area contributed by atoms with E-state index < -0.39 is 21.5 Å². The summed E-state index contributed by atoms with van der Waals surface area (Å²) in [6, 6.07) is 3.20. The molecular formula is C23H36N2O7S. The number of carbonyl (C=O) groups is 1. The molecule has 1 aliphatic carbocycles. The smallest absolute Gasteiger partial charge is 0.259 e. The van der Waals surface area contributed by atoms with Crippen LogP contribution in [0.15, 0.2) is 18.3 Å². The molecular weight excluding hydrogens is 448 g/mol. The van der Waals surface area contributed by atoms with Crippen LogP contribution in [0.1, 0.15) is 50.6 Å². The zero-order valence-electron chi connectivity index (χ0n) is 19.8. The van der Waals surface area contributed by atoms with Gasteiger partial charge in [-0.15, -0.1) is 0 Å². The van der Waals surface area contributed by atoms with Crippen LogP contribution in [0, 0.1) is 0 Å². The van der Waals surface area contributed by atoms with Crippen LogP contribution in [0.4, 0.5) is 0 Å². The van der Waals surface area contributed by atoms with Gasteiger partial charge in [0.1, 0.15) is 29.1 Å². The average molecular weight is 485 g/mol. The third-order valence-electron chi connectivity index (χ3n) is 6.34. The maximum absolute atomic E-state index is 13.2. The molecule has 1 aliphatic heterocycles. The molecule has 9 nitrogen and oxygen atoms in total. The summed E-state index contributed by atoms with van der Waals surface area (Å²) in [5, 5.41) is 0. The molecule has 2 fully saturated rings.